The number of aliphatic hydroxyl groups is 1. The molecule has 1 amide bonds. The summed E-state index contributed by atoms with van der Waals surface area (Å²) in [5, 5.41) is 22.1. The maximum atomic E-state index is 12.2. The number of amides is 1. The Morgan fingerprint density at radius 1 is 1.44 bits per heavy atom. The fourth-order valence-corrected chi connectivity index (χ4v) is 4.48. The van der Waals surface area contributed by atoms with Crippen LogP contribution in [0.3, 0.4) is 0 Å². The van der Waals surface area contributed by atoms with Crippen LogP contribution in [0.25, 0.3) is 0 Å². The summed E-state index contributed by atoms with van der Waals surface area (Å²) < 4.78 is 0.859. The first kappa shape index (κ1) is 18.2. The molecule has 0 bridgehead atoms. The quantitative estimate of drug-likeness (QED) is 0.586. The van der Waals surface area contributed by atoms with Crippen molar-refractivity contribution in [3.8, 4) is 0 Å². The Morgan fingerprint density at radius 3 is 2.92 bits per heavy atom. The van der Waals surface area contributed by atoms with Gasteiger partial charge in [-0.15, -0.1) is 10.2 Å². The summed E-state index contributed by atoms with van der Waals surface area (Å²) in [7, 11) is 0. The van der Waals surface area contributed by atoms with Gasteiger partial charge in [0, 0.05) is 31.0 Å². The van der Waals surface area contributed by atoms with E-state index in [1.165, 1.54) is 11.3 Å². The van der Waals surface area contributed by atoms with E-state index < -0.39 is 5.60 Å². The van der Waals surface area contributed by atoms with Gasteiger partial charge in [0.05, 0.1) is 12.1 Å². The first-order valence-corrected chi connectivity index (χ1v) is 10.0. The van der Waals surface area contributed by atoms with E-state index in [1.54, 1.807) is 24.2 Å². The Hall–Kier alpha value is -1.55. The molecule has 1 aliphatic rings. The number of carbonyl (C=O) groups excluding carboxylic acids is 1. The van der Waals surface area contributed by atoms with Crippen LogP contribution in [0.5, 0.6) is 0 Å². The molecule has 7 nitrogen and oxygen atoms in total. The molecule has 134 valence electrons. The predicted octanol–water partition coefficient (Wildman–Crippen LogP) is 1.97. The standard InChI is InChI=1S/C16H21N5O2S2/c1-2-24-15-20-19-14(25-15)18-13(22)11-21-8-5-16(23,6-9-21)12-4-3-7-17-10-12/h3-4,7,10,23H,2,5-6,8-9,11H2,1H3,(H,18,19,22). The van der Waals surface area contributed by atoms with E-state index in [4.69, 9.17) is 0 Å². The molecule has 2 aromatic heterocycles. The number of nitrogens with one attached hydrogen (secondary N) is 1. The normalized spacial score (nSPS) is 17.4. The number of likely N-dealkylation sites (tertiary alicyclic amines) is 1. The lowest BCUT2D eigenvalue weighted by molar-refractivity contribution is -0.118. The van der Waals surface area contributed by atoms with Gasteiger partial charge in [0.2, 0.25) is 11.0 Å². The summed E-state index contributed by atoms with van der Waals surface area (Å²) in [5.41, 5.74) is -0.0128. The molecule has 0 saturated carbocycles. The highest BCUT2D eigenvalue weighted by molar-refractivity contribution is 8.01. The monoisotopic (exact) mass is 379 g/mol. The summed E-state index contributed by atoms with van der Waals surface area (Å²) in [6.07, 6.45) is 4.58. The van der Waals surface area contributed by atoms with Crippen molar-refractivity contribution in [2.45, 2.75) is 29.7 Å². The van der Waals surface area contributed by atoms with Crippen LogP contribution in [0.2, 0.25) is 0 Å². The summed E-state index contributed by atoms with van der Waals surface area (Å²) in [5.74, 6) is 0.826. The van der Waals surface area contributed by atoms with E-state index in [1.807, 2.05) is 24.0 Å². The average molecular weight is 380 g/mol. The fourth-order valence-electron chi connectivity index (χ4n) is 2.81. The number of aromatic nitrogens is 3. The third-order valence-electron chi connectivity index (χ3n) is 4.17. The van der Waals surface area contributed by atoms with Gasteiger partial charge in [-0.25, -0.2) is 0 Å². The van der Waals surface area contributed by atoms with Crippen LogP contribution < -0.4 is 5.32 Å². The summed E-state index contributed by atoms with van der Waals surface area (Å²) in [6.45, 7) is 3.66. The van der Waals surface area contributed by atoms with Crippen molar-refractivity contribution in [1.82, 2.24) is 20.1 Å². The van der Waals surface area contributed by atoms with Crippen molar-refractivity contribution in [1.29, 1.82) is 0 Å². The SMILES string of the molecule is CCSc1nnc(NC(=O)CN2CCC(O)(c3cccnc3)CC2)s1. The molecule has 9 heteroatoms. The zero-order chi connectivity index (χ0) is 17.7. The molecule has 0 atom stereocenters. The number of carbonyl (C=O) groups is 1. The van der Waals surface area contributed by atoms with Gasteiger partial charge in [-0.05, 0) is 24.7 Å². The van der Waals surface area contributed by atoms with Crippen LogP contribution >= 0.6 is 23.1 Å². The number of hydrogen-bond acceptors (Lipinski definition) is 8. The predicted molar refractivity (Wildman–Crippen MR) is 98.7 cm³/mol. The highest BCUT2D eigenvalue weighted by Crippen LogP contribution is 2.32. The molecule has 0 unspecified atom stereocenters. The van der Waals surface area contributed by atoms with Gasteiger partial charge in [-0.2, -0.15) is 0 Å². The number of hydrogen-bond donors (Lipinski definition) is 2. The van der Waals surface area contributed by atoms with E-state index in [2.05, 4.69) is 20.5 Å². The van der Waals surface area contributed by atoms with Gasteiger partial charge >= 0.3 is 0 Å². The van der Waals surface area contributed by atoms with Crippen molar-refractivity contribution in [2.75, 3.05) is 30.7 Å². The Morgan fingerprint density at radius 2 is 2.24 bits per heavy atom. The van der Waals surface area contributed by atoms with Crippen LogP contribution in [0, 0.1) is 0 Å². The maximum absolute atomic E-state index is 12.2. The Bertz CT molecular complexity index is 702. The van der Waals surface area contributed by atoms with Crippen molar-refractivity contribution in [2.24, 2.45) is 0 Å². The molecular weight excluding hydrogens is 358 g/mol. The van der Waals surface area contributed by atoms with Crippen molar-refractivity contribution in [3.63, 3.8) is 0 Å². The van der Waals surface area contributed by atoms with Crippen LogP contribution in [0.15, 0.2) is 28.9 Å². The second kappa shape index (κ2) is 8.22. The Kier molecular flexibility index (Phi) is 6.00. The third kappa shape index (κ3) is 4.75. The maximum Gasteiger partial charge on any atom is 0.240 e. The van der Waals surface area contributed by atoms with Crippen molar-refractivity contribution < 1.29 is 9.90 Å². The largest absolute Gasteiger partial charge is 0.385 e. The number of rotatable bonds is 6. The minimum atomic E-state index is -0.854. The lowest BCUT2D eigenvalue weighted by atomic mass is 9.85. The van der Waals surface area contributed by atoms with Crippen LogP contribution in [-0.2, 0) is 10.4 Å². The zero-order valence-electron chi connectivity index (χ0n) is 14.0. The smallest absolute Gasteiger partial charge is 0.240 e. The van der Waals surface area contributed by atoms with E-state index in [-0.39, 0.29) is 5.91 Å². The van der Waals surface area contributed by atoms with Gasteiger partial charge in [-0.1, -0.05) is 36.1 Å². The van der Waals surface area contributed by atoms with Gasteiger partial charge in [0.15, 0.2) is 4.34 Å². The summed E-state index contributed by atoms with van der Waals surface area (Å²) in [4.78, 5) is 18.3. The first-order valence-electron chi connectivity index (χ1n) is 8.20. The van der Waals surface area contributed by atoms with E-state index in [9.17, 15) is 9.90 Å². The molecule has 3 heterocycles. The molecule has 2 aromatic rings. The van der Waals surface area contributed by atoms with Crippen molar-refractivity contribution >= 4 is 34.1 Å². The van der Waals surface area contributed by atoms with Crippen LogP contribution in [0.4, 0.5) is 5.13 Å². The minimum Gasteiger partial charge on any atom is -0.385 e. The van der Waals surface area contributed by atoms with Gasteiger partial charge in [0.1, 0.15) is 0 Å². The summed E-state index contributed by atoms with van der Waals surface area (Å²) in [6, 6.07) is 3.73. The molecule has 2 N–H and O–H groups in total. The third-order valence-corrected chi connectivity index (χ3v) is 6.02. The van der Waals surface area contributed by atoms with E-state index in [0.29, 0.717) is 37.6 Å². The highest BCUT2D eigenvalue weighted by Gasteiger charge is 2.34. The lowest BCUT2D eigenvalue weighted by Gasteiger charge is -2.37. The minimum absolute atomic E-state index is 0.101. The first-order chi connectivity index (χ1) is 12.1. The van der Waals surface area contributed by atoms with Crippen LogP contribution in [-0.4, -0.2) is 56.5 Å². The van der Waals surface area contributed by atoms with Gasteiger partial charge in [-0.3, -0.25) is 20.0 Å². The molecule has 25 heavy (non-hydrogen) atoms. The number of anilines is 1. The second-order valence-electron chi connectivity index (χ2n) is 5.90. The van der Waals surface area contributed by atoms with Crippen molar-refractivity contribution in [3.05, 3.63) is 30.1 Å². The Labute approximate surface area is 154 Å². The molecule has 0 aliphatic carbocycles. The lowest BCUT2D eigenvalue weighted by Crippen LogP contribution is -2.45. The van der Waals surface area contributed by atoms with E-state index in [0.717, 1.165) is 15.7 Å². The molecule has 0 radical (unpaired) electrons. The number of thioether (sulfide) groups is 1. The Balaban J connectivity index is 1.49. The van der Waals surface area contributed by atoms with Crippen LogP contribution in [0.1, 0.15) is 25.3 Å². The number of nitrogens with zero attached hydrogens (tertiary/aromatic N) is 4. The molecular formula is C16H21N5O2S2. The zero-order valence-corrected chi connectivity index (χ0v) is 15.6. The van der Waals surface area contributed by atoms with Gasteiger partial charge < -0.3 is 5.11 Å². The molecule has 1 fully saturated rings. The highest BCUT2D eigenvalue weighted by atomic mass is 32.2. The molecule has 1 saturated heterocycles. The van der Waals surface area contributed by atoms with E-state index >= 15 is 0 Å². The molecule has 0 spiro atoms. The average Bonchev–Trinajstić information content (AvgIpc) is 3.05. The second-order valence-corrected chi connectivity index (χ2v) is 8.39. The van der Waals surface area contributed by atoms with Gasteiger partial charge in [0.25, 0.3) is 0 Å². The number of pyridine rings is 1. The molecule has 3 rings (SSSR count). The number of piperidine rings is 1. The summed E-state index contributed by atoms with van der Waals surface area (Å²) >= 11 is 3.00. The molecule has 0 aromatic carbocycles. The molecule has 1 aliphatic heterocycles. The topological polar surface area (TPSA) is 91.2 Å². The fraction of sp³-hybridized carbons (Fsp3) is 0.500.